The van der Waals surface area contributed by atoms with Gasteiger partial charge in [-0.2, -0.15) is 0 Å². The number of ketones is 1. The molecule has 1 aromatic heterocycles. The van der Waals surface area contributed by atoms with Gasteiger partial charge in [-0.25, -0.2) is 0 Å². The first-order chi connectivity index (χ1) is 9.24. The second kappa shape index (κ2) is 4.80. The van der Waals surface area contributed by atoms with E-state index >= 15 is 0 Å². The van der Waals surface area contributed by atoms with Crippen molar-refractivity contribution in [3.8, 4) is 11.5 Å². The quantitative estimate of drug-likeness (QED) is 0.773. The monoisotopic (exact) mass is 254 g/mol. The minimum Gasteiger partial charge on any atom is -0.421 e. The van der Waals surface area contributed by atoms with E-state index in [4.69, 9.17) is 4.42 Å². The highest BCUT2D eigenvalue weighted by Crippen LogP contribution is 2.29. The van der Waals surface area contributed by atoms with E-state index in [1.165, 1.54) is 0 Å². The summed E-state index contributed by atoms with van der Waals surface area (Å²) in [5.41, 5.74) is 1.88. The van der Waals surface area contributed by atoms with Crippen molar-refractivity contribution in [1.82, 2.24) is 10.2 Å². The smallest absolute Gasteiger partial charge is 0.247 e. The summed E-state index contributed by atoms with van der Waals surface area (Å²) in [6.07, 6.45) is 5.29. The summed E-state index contributed by atoms with van der Waals surface area (Å²) in [6, 6.07) is 7.79. The number of carbonyl (C=O) groups is 1. The molecule has 0 amide bonds. The van der Waals surface area contributed by atoms with Crippen LogP contribution in [0, 0.1) is 6.92 Å². The van der Waals surface area contributed by atoms with Crippen molar-refractivity contribution in [2.24, 2.45) is 0 Å². The summed E-state index contributed by atoms with van der Waals surface area (Å²) in [4.78, 5) is 11.9. The van der Waals surface area contributed by atoms with E-state index in [0.717, 1.165) is 17.5 Å². The number of carbonyl (C=O) groups excluding carboxylic acids is 1. The van der Waals surface area contributed by atoms with Crippen LogP contribution in [0.15, 0.2) is 40.8 Å². The Morgan fingerprint density at radius 1 is 1.26 bits per heavy atom. The predicted octanol–water partition coefficient (Wildman–Crippen LogP) is 3.05. The number of aryl methyl sites for hydroxylation is 1. The molecule has 0 radical (unpaired) electrons. The van der Waals surface area contributed by atoms with Crippen molar-refractivity contribution < 1.29 is 9.21 Å². The van der Waals surface area contributed by atoms with Gasteiger partial charge in [-0.1, -0.05) is 24.3 Å². The molecule has 4 heteroatoms. The van der Waals surface area contributed by atoms with Crippen LogP contribution >= 0.6 is 0 Å². The van der Waals surface area contributed by atoms with Crippen molar-refractivity contribution in [1.29, 1.82) is 0 Å². The lowest BCUT2D eigenvalue weighted by atomic mass is 9.86. The van der Waals surface area contributed by atoms with Gasteiger partial charge in [-0.3, -0.25) is 4.79 Å². The standard InChI is InChI=1S/C15H14N2O2/c1-10-16-17-15(19-10)12-6-4-5-11(9-12)13-7-2-3-8-14(13)18/h2-6,9,13H,7-8H2,1H3. The van der Waals surface area contributed by atoms with Crippen LogP contribution in [0.5, 0.6) is 0 Å². The summed E-state index contributed by atoms with van der Waals surface area (Å²) >= 11 is 0. The Labute approximate surface area is 111 Å². The van der Waals surface area contributed by atoms with Gasteiger partial charge in [-0.05, 0) is 24.1 Å². The number of aromatic nitrogens is 2. The number of hydrogen-bond donors (Lipinski definition) is 0. The number of allylic oxidation sites excluding steroid dienone is 2. The van der Waals surface area contributed by atoms with E-state index in [1.54, 1.807) is 6.92 Å². The molecule has 1 aliphatic carbocycles. The third kappa shape index (κ3) is 2.34. The van der Waals surface area contributed by atoms with E-state index in [-0.39, 0.29) is 11.7 Å². The molecule has 1 atom stereocenters. The molecule has 0 N–H and O–H groups in total. The van der Waals surface area contributed by atoms with Gasteiger partial charge in [0.05, 0.1) is 0 Å². The maximum atomic E-state index is 11.9. The van der Waals surface area contributed by atoms with Crippen molar-refractivity contribution in [2.75, 3.05) is 0 Å². The molecule has 1 aliphatic rings. The summed E-state index contributed by atoms with van der Waals surface area (Å²) in [5.74, 6) is 1.26. The van der Waals surface area contributed by atoms with Gasteiger partial charge in [0.25, 0.3) is 0 Å². The van der Waals surface area contributed by atoms with Gasteiger partial charge in [0.2, 0.25) is 11.8 Å². The highest BCUT2D eigenvalue weighted by molar-refractivity contribution is 5.88. The summed E-state index contributed by atoms with van der Waals surface area (Å²) in [5, 5.41) is 7.83. The Hall–Kier alpha value is -2.23. The molecular formula is C15H14N2O2. The number of rotatable bonds is 2. The lowest BCUT2D eigenvalue weighted by Gasteiger charge is -2.17. The van der Waals surface area contributed by atoms with E-state index in [1.807, 2.05) is 30.3 Å². The third-order valence-corrected chi connectivity index (χ3v) is 3.31. The van der Waals surface area contributed by atoms with Crippen LogP contribution < -0.4 is 0 Å². The van der Waals surface area contributed by atoms with E-state index in [2.05, 4.69) is 16.3 Å². The summed E-state index contributed by atoms with van der Waals surface area (Å²) in [6.45, 7) is 1.76. The fourth-order valence-corrected chi connectivity index (χ4v) is 2.33. The van der Waals surface area contributed by atoms with Gasteiger partial charge in [0.15, 0.2) is 0 Å². The lowest BCUT2D eigenvalue weighted by Crippen LogP contribution is -2.13. The van der Waals surface area contributed by atoms with Gasteiger partial charge >= 0.3 is 0 Å². The Kier molecular flexibility index (Phi) is 2.99. The van der Waals surface area contributed by atoms with Crippen LogP contribution in [0.25, 0.3) is 11.5 Å². The van der Waals surface area contributed by atoms with Crippen LogP contribution in [0.2, 0.25) is 0 Å². The number of benzene rings is 1. The van der Waals surface area contributed by atoms with E-state index in [0.29, 0.717) is 18.2 Å². The average molecular weight is 254 g/mol. The molecule has 0 fully saturated rings. The molecule has 96 valence electrons. The molecule has 1 heterocycles. The van der Waals surface area contributed by atoms with Crippen molar-refractivity contribution in [3.05, 3.63) is 47.9 Å². The minimum absolute atomic E-state index is 0.0473. The molecule has 1 aromatic carbocycles. The Morgan fingerprint density at radius 2 is 2.16 bits per heavy atom. The van der Waals surface area contributed by atoms with Crippen LogP contribution in [-0.2, 0) is 4.79 Å². The lowest BCUT2D eigenvalue weighted by molar-refractivity contribution is -0.119. The molecule has 19 heavy (non-hydrogen) atoms. The molecular weight excluding hydrogens is 240 g/mol. The molecule has 0 saturated carbocycles. The topological polar surface area (TPSA) is 56.0 Å². The van der Waals surface area contributed by atoms with E-state index < -0.39 is 0 Å². The van der Waals surface area contributed by atoms with Gasteiger partial charge in [-0.15, -0.1) is 10.2 Å². The molecule has 1 unspecified atom stereocenters. The molecule has 0 saturated heterocycles. The number of nitrogens with zero attached hydrogens (tertiary/aromatic N) is 2. The maximum absolute atomic E-state index is 11.9. The zero-order valence-electron chi connectivity index (χ0n) is 10.7. The first-order valence-electron chi connectivity index (χ1n) is 6.32. The first-order valence-corrected chi connectivity index (χ1v) is 6.32. The van der Waals surface area contributed by atoms with Gasteiger partial charge < -0.3 is 4.42 Å². The second-order valence-corrected chi connectivity index (χ2v) is 4.68. The molecule has 0 bridgehead atoms. The Bertz CT molecular complexity index is 643. The normalized spacial score (nSPS) is 18.8. The fraction of sp³-hybridized carbons (Fsp3) is 0.267. The molecule has 4 nitrogen and oxygen atoms in total. The van der Waals surface area contributed by atoms with Gasteiger partial charge in [0.1, 0.15) is 5.78 Å². The van der Waals surface area contributed by atoms with Crippen LogP contribution in [-0.4, -0.2) is 16.0 Å². The maximum Gasteiger partial charge on any atom is 0.247 e. The minimum atomic E-state index is -0.0473. The highest BCUT2D eigenvalue weighted by atomic mass is 16.4. The van der Waals surface area contributed by atoms with Gasteiger partial charge in [0, 0.05) is 24.8 Å². The number of Topliss-reactive ketones (excluding diaryl/α,β-unsaturated/α-hetero) is 1. The summed E-state index contributed by atoms with van der Waals surface area (Å²) < 4.78 is 5.42. The van der Waals surface area contributed by atoms with Crippen molar-refractivity contribution >= 4 is 5.78 Å². The molecule has 0 aliphatic heterocycles. The van der Waals surface area contributed by atoms with Crippen LogP contribution in [0.1, 0.15) is 30.2 Å². The van der Waals surface area contributed by atoms with Crippen LogP contribution in [0.3, 0.4) is 0 Å². The number of hydrogen-bond acceptors (Lipinski definition) is 4. The Morgan fingerprint density at radius 3 is 2.89 bits per heavy atom. The zero-order valence-corrected chi connectivity index (χ0v) is 10.7. The van der Waals surface area contributed by atoms with Crippen molar-refractivity contribution in [2.45, 2.75) is 25.7 Å². The largest absolute Gasteiger partial charge is 0.421 e. The fourth-order valence-electron chi connectivity index (χ4n) is 2.33. The molecule has 0 spiro atoms. The van der Waals surface area contributed by atoms with Crippen LogP contribution in [0.4, 0.5) is 0 Å². The third-order valence-electron chi connectivity index (χ3n) is 3.31. The van der Waals surface area contributed by atoms with E-state index in [9.17, 15) is 4.79 Å². The average Bonchev–Trinajstić information content (AvgIpc) is 2.86. The zero-order chi connectivity index (χ0) is 13.2. The summed E-state index contributed by atoms with van der Waals surface area (Å²) in [7, 11) is 0. The predicted molar refractivity (Wildman–Crippen MR) is 70.6 cm³/mol. The second-order valence-electron chi connectivity index (χ2n) is 4.68. The highest BCUT2D eigenvalue weighted by Gasteiger charge is 2.21. The Balaban J connectivity index is 1.96. The first kappa shape index (κ1) is 11.8. The van der Waals surface area contributed by atoms with Crippen molar-refractivity contribution in [3.63, 3.8) is 0 Å². The molecule has 2 aromatic rings. The SMILES string of the molecule is Cc1nnc(-c2cccc(C3CC=CCC3=O)c2)o1. The molecule has 3 rings (SSSR count).